The minimum absolute atomic E-state index is 0.130. The first-order valence-corrected chi connectivity index (χ1v) is 9.20. The van der Waals surface area contributed by atoms with Gasteiger partial charge < -0.3 is 15.4 Å². The molecule has 1 aromatic heterocycles. The average molecular weight is 375 g/mol. The van der Waals surface area contributed by atoms with Crippen molar-refractivity contribution in [2.75, 3.05) is 13.7 Å². The molecule has 1 atom stereocenters. The molecule has 3 aromatic rings. The monoisotopic (exact) mass is 375 g/mol. The van der Waals surface area contributed by atoms with Gasteiger partial charge in [0.1, 0.15) is 6.04 Å². The predicted octanol–water partition coefficient (Wildman–Crippen LogP) is 2.84. The van der Waals surface area contributed by atoms with E-state index in [9.17, 15) is 9.59 Å². The number of fused-ring (bicyclic) bond motifs is 1. The molecule has 0 bridgehead atoms. The van der Waals surface area contributed by atoms with Gasteiger partial charge in [0.15, 0.2) is 0 Å². The van der Waals surface area contributed by atoms with Gasteiger partial charge in [0, 0.05) is 29.9 Å². The summed E-state index contributed by atoms with van der Waals surface area (Å²) in [5.41, 5.74) is 3.58. The number of carbonyl (C=O) groups excluding carboxylic acids is 2. The second-order valence-corrected chi connectivity index (χ2v) is 6.85. The highest BCUT2D eigenvalue weighted by Crippen LogP contribution is 2.33. The lowest BCUT2D eigenvalue weighted by atomic mass is 9.94. The highest BCUT2D eigenvalue weighted by atomic mass is 16.5. The third-order valence-corrected chi connectivity index (χ3v) is 5.11. The summed E-state index contributed by atoms with van der Waals surface area (Å²) >= 11 is 0. The molecule has 6 nitrogen and oxygen atoms in total. The van der Waals surface area contributed by atoms with E-state index >= 15 is 0 Å². The van der Waals surface area contributed by atoms with E-state index in [4.69, 9.17) is 4.74 Å². The number of benzene rings is 2. The molecule has 1 saturated heterocycles. The van der Waals surface area contributed by atoms with Crippen molar-refractivity contribution in [2.24, 2.45) is 0 Å². The number of amides is 2. The molecule has 0 aliphatic carbocycles. The Kier molecular flexibility index (Phi) is 4.69. The fourth-order valence-corrected chi connectivity index (χ4v) is 3.63. The maximum absolute atomic E-state index is 12.8. The number of hydrogen-bond donors (Lipinski definition) is 2. The van der Waals surface area contributed by atoms with Crippen molar-refractivity contribution < 1.29 is 14.3 Å². The number of pyridine rings is 1. The van der Waals surface area contributed by atoms with Crippen LogP contribution in [0, 0.1) is 6.92 Å². The zero-order valence-electron chi connectivity index (χ0n) is 15.8. The molecule has 6 heteroatoms. The van der Waals surface area contributed by atoms with Crippen molar-refractivity contribution in [1.82, 2.24) is 15.6 Å². The maximum atomic E-state index is 12.8. The number of aryl methyl sites for hydroxylation is 1. The Morgan fingerprint density at radius 2 is 1.96 bits per heavy atom. The molecule has 0 saturated carbocycles. The lowest BCUT2D eigenvalue weighted by Gasteiger charge is -2.14. The van der Waals surface area contributed by atoms with E-state index in [1.54, 1.807) is 19.4 Å². The summed E-state index contributed by atoms with van der Waals surface area (Å²) < 4.78 is 5.20. The lowest BCUT2D eigenvalue weighted by molar-refractivity contribution is -0.120. The van der Waals surface area contributed by atoms with Gasteiger partial charge in [0.2, 0.25) is 11.8 Å². The van der Waals surface area contributed by atoms with E-state index in [1.807, 2.05) is 43.3 Å². The first-order valence-electron chi connectivity index (χ1n) is 9.20. The number of nitrogens with one attached hydrogen (secondary N) is 2. The fraction of sp³-hybridized carbons (Fsp3) is 0.227. The summed E-state index contributed by atoms with van der Waals surface area (Å²) in [4.78, 5) is 29.0. The number of hydrogen-bond acceptors (Lipinski definition) is 4. The van der Waals surface area contributed by atoms with E-state index in [-0.39, 0.29) is 11.8 Å². The minimum Gasteiger partial charge on any atom is -0.481 e. The number of methoxy groups -OCH3 is 1. The first-order chi connectivity index (χ1) is 13.6. The second kappa shape index (κ2) is 7.31. The molecule has 1 aliphatic heterocycles. The van der Waals surface area contributed by atoms with Gasteiger partial charge in [-0.25, -0.2) is 4.98 Å². The summed E-state index contributed by atoms with van der Waals surface area (Å²) in [5, 5.41) is 7.38. The fourth-order valence-electron chi connectivity index (χ4n) is 3.63. The molecule has 0 spiro atoms. The van der Waals surface area contributed by atoms with Crippen LogP contribution in [0.2, 0.25) is 0 Å². The molecule has 1 fully saturated rings. The standard InChI is InChI=1S/C22H21N3O3/c1-13-11-20(28-2)24-12-18(13)16-7-3-6-15-14(16)5-4-8-17(15)21(26)25-19-9-10-23-22(19)27/h3-8,11-12,19H,9-10H2,1-2H3,(H,23,27)(H,25,26). The topological polar surface area (TPSA) is 80.3 Å². The Hall–Kier alpha value is -3.41. The normalized spacial score (nSPS) is 16.1. The van der Waals surface area contributed by atoms with Crippen LogP contribution in [0.1, 0.15) is 22.3 Å². The van der Waals surface area contributed by atoms with Gasteiger partial charge in [-0.1, -0.05) is 30.3 Å². The predicted molar refractivity (Wildman–Crippen MR) is 107 cm³/mol. The first kappa shape index (κ1) is 18.0. The largest absolute Gasteiger partial charge is 0.481 e. The smallest absolute Gasteiger partial charge is 0.252 e. The van der Waals surface area contributed by atoms with E-state index in [2.05, 4.69) is 15.6 Å². The quantitative estimate of drug-likeness (QED) is 0.735. The van der Waals surface area contributed by atoms with Crippen LogP contribution in [0.5, 0.6) is 5.88 Å². The van der Waals surface area contributed by atoms with Crippen LogP contribution in [-0.4, -0.2) is 36.5 Å². The van der Waals surface area contributed by atoms with Gasteiger partial charge in [0.05, 0.1) is 7.11 Å². The van der Waals surface area contributed by atoms with Crippen LogP contribution in [0.3, 0.4) is 0 Å². The number of carbonyl (C=O) groups is 2. The van der Waals surface area contributed by atoms with Gasteiger partial charge in [-0.2, -0.15) is 0 Å². The molecule has 1 aliphatic rings. The van der Waals surface area contributed by atoms with Crippen molar-refractivity contribution in [3.05, 3.63) is 59.8 Å². The highest BCUT2D eigenvalue weighted by Gasteiger charge is 2.26. The summed E-state index contributed by atoms with van der Waals surface area (Å²) in [6.07, 6.45) is 2.40. The highest BCUT2D eigenvalue weighted by molar-refractivity contribution is 6.11. The molecule has 0 radical (unpaired) electrons. The van der Waals surface area contributed by atoms with E-state index < -0.39 is 6.04 Å². The van der Waals surface area contributed by atoms with Crippen LogP contribution >= 0.6 is 0 Å². The SMILES string of the molecule is COc1cc(C)c(-c2cccc3c(C(=O)NC4CCNC4=O)cccc23)cn1. The Morgan fingerprint density at radius 1 is 1.18 bits per heavy atom. The zero-order valence-corrected chi connectivity index (χ0v) is 15.8. The second-order valence-electron chi connectivity index (χ2n) is 6.85. The van der Waals surface area contributed by atoms with Crippen molar-refractivity contribution in [3.8, 4) is 17.0 Å². The molecular weight excluding hydrogens is 354 g/mol. The Bertz CT molecular complexity index is 1080. The number of ether oxygens (including phenoxy) is 1. The van der Waals surface area contributed by atoms with E-state index in [1.165, 1.54) is 0 Å². The Labute approximate surface area is 162 Å². The Morgan fingerprint density at radius 3 is 2.68 bits per heavy atom. The Balaban J connectivity index is 1.76. The maximum Gasteiger partial charge on any atom is 0.252 e. The average Bonchev–Trinajstić information content (AvgIpc) is 3.11. The minimum atomic E-state index is -0.473. The zero-order chi connectivity index (χ0) is 19.7. The van der Waals surface area contributed by atoms with Crippen LogP contribution in [-0.2, 0) is 4.79 Å². The van der Waals surface area contributed by atoms with Gasteiger partial charge in [0.25, 0.3) is 5.91 Å². The van der Waals surface area contributed by atoms with Crippen molar-refractivity contribution in [1.29, 1.82) is 0 Å². The number of aromatic nitrogens is 1. The van der Waals surface area contributed by atoms with Crippen LogP contribution in [0.25, 0.3) is 21.9 Å². The van der Waals surface area contributed by atoms with Gasteiger partial charge in [-0.05, 0) is 41.3 Å². The summed E-state index contributed by atoms with van der Waals surface area (Å²) in [6.45, 7) is 2.60. The molecular formula is C22H21N3O3. The molecule has 1 unspecified atom stereocenters. The molecule has 2 N–H and O–H groups in total. The molecule has 142 valence electrons. The molecule has 28 heavy (non-hydrogen) atoms. The summed E-state index contributed by atoms with van der Waals surface area (Å²) in [5.74, 6) is 0.194. The van der Waals surface area contributed by atoms with Crippen LogP contribution in [0.4, 0.5) is 0 Å². The van der Waals surface area contributed by atoms with Gasteiger partial charge in [-0.3, -0.25) is 9.59 Å². The van der Waals surface area contributed by atoms with Crippen molar-refractivity contribution >= 4 is 22.6 Å². The van der Waals surface area contributed by atoms with Crippen LogP contribution in [0.15, 0.2) is 48.7 Å². The van der Waals surface area contributed by atoms with Gasteiger partial charge in [-0.15, -0.1) is 0 Å². The lowest BCUT2D eigenvalue weighted by Crippen LogP contribution is -2.40. The number of rotatable bonds is 4. The van der Waals surface area contributed by atoms with E-state index in [0.29, 0.717) is 24.4 Å². The molecule has 2 heterocycles. The third kappa shape index (κ3) is 3.17. The van der Waals surface area contributed by atoms with Crippen molar-refractivity contribution in [3.63, 3.8) is 0 Å². The summed E-state index contributed by atoms with van der Waals surface area (Å²) in [7, 11) is 1.59. The molecule has 2 aromatic carbocycles. The van der Waals surface area contributed by atoms with E-state index in [0.717, 1.165) is 27.5 Å². The van der Waals surface area contributed by atoms with Crippen LogP contribution < -0.4 is 15.4 Å². The number of nitrogens with zero attached hydrogens (tertiary/aromatic N) is 1. The summed E-state index contributed by atoms with van der Waals surface area (Å²) in [6, 6.07) is 12.9. The third-order valence-electron chi connectivity index (χ3n) is 5.11. The van der Waals surface area contributed by atoms with Crippen molar-refractivity contribution in [2.45, 2.75) is 19.4 Å². The molecule has 2 amide bonds. The van der Waals surface area contributed by atoms with Gasteiger partial charge >= 0.3 is 0 Å². The molecule has 4 rings (SSSR count).